The normalized spacial score (nSPS) is 28.2. The average molecular weight is 224 g/mol. The van der Waals surface area contributed by atoms with Crippen molar-refractivity contribution in [3.8, 4) is 0 Å². The average Bonchev–Trinajstić information content (AvgIpc) is 2.82. The van der Waals surface area contributed by atoms with E-state index < -0.39 is 0 Å². The van der Waals surface area contributed by atoms with Gasteiger partial charge in [0.15, 0.2) is 0 Å². The quantitative estimate of drug-likeness (QED) is 0.794. The van der Waals surface area contributed by atoms with Gasteiger partial charge in [-0.3, -0.25) is 10.1 Å². The van der Waals surface area contributed by atoms with Gasteiger partial charge in [0.1, 0.15) is 0 Å². The highest BCUT2D eigenvalue weighted by molar-refractivity contribution is 5.89. The number of carbonyl (C=O) groups excluding carboxylic acids is 1. The zero-order valence-corrected chi connectivity index (χ0v) is 10.6. The Morgan fingerprint density at radius 2 is 2.00 bits per heavy atom. The summed E-state index contributed by atoms with van der Waals surface area (Å²) in [5.74, 6) is 0.380. The first kappa shape index (κ1) is 11.9. The van der Waals surface area contributed by atoms with Crippen molar-refractivity contribution in [2.75, 3.05) is 6.54 Å². The summed E-state index contributed by atoms with van der Waals surface area (Å²) in [6, 6.07) is 0. The summed E-state index contributed by atoms with van der Waals surface area (Å²) in [4.78, 5) is 14.6. The predicted octanol–water partition coefficient (Wildman–Crippen LogP) is 2.27. The van der Waals surface area contributed by atoms with Gasteiger partial charge in [-0.05, 0) is 25.7 Å². The number of hydrogen-bond donors (Lipinski definition) is 1. The second kappa shape index (κ2) is 4.74. The minimum Gasteiger partial charge on any atom is -0.326 e. The van der Waals surface area contributed by atoms with Gasteiger partial charge in [0, 0.05) is 6.54 Å². The van der Waals surface area contributed by atoms with Crippen molar-refractivity contribution in [2.24, 2.45) is 0 Å². The molecule has 2 aliphatic rings. The highest BCUT2D eigenvalue weighted by Gasteiger charge is 2.51. The third-order valence-corrected chi connectivity index (χ3v) is 3.97. The summed E-state index contributed by atoms with van der Waals surface area (Å²) >= 11 is 0. The molecule has 92 valence electrons. The van der Waals surface area contributed by atoms with Gasteiger partial charge < -0.3 is 4.90 Å². The van der Waals surface area contributed by atoms with Crippen LogP contribution in [0.2, 0.25) is 0 Å². The van der Waals surface area contributed by atoms with E-state index in [1.807, 2.05) is 0 Å². The largest absolute Gasteiger partial charge is 0.326 e. The van der Waals surface area contributed by atoms with E-state index >= 15 is 0 Å². The third kappa shape index (κ3) is 1.86. The van der Waals surface area contributed by atoms with Crippen molar-refractivity contribution in [1.82, 2.24) is 10.2 Å². The maximum absolute atomic E-state index is 12.5. The first-order valence-corrected chi connectivity index (χ1v) is 6.82. The van der Waals surface area contributed by atoms with Crippen molar-refractivity contribution < 1.29 is 4.79 Å². The Kier molecular flexibility index (Phi) is 3.53. The van der Waals surface area contributed by atoms with Gasteiger partial charge in [0.05, 0.1) is 11.7 Å². The van der Waals surface area contributed by atoms with Crippen molar-refractivity contribution in [1.29, 1.82) is 0 Å². The summed E-state index contributed by atoms with van der Waals surface area (Å²) in [6.07, 6.45) is 8.10. The third-order valence-electron chi connectivity index (χ3n) is 3.97. The Hall–Kier alpha value is -0.570. The van der Waals surface area contributed by atoms with Gasteiger partial charge in [-0.1, -0.05) is 33.1 Å². The van der Waals surface area contributed by atoms with Crippen LogP contribution < -0.4 is 5.32 Å². The number of amides is 1. The number of nitrogens with one attached hydrogen (secondary N) is 1. The molecular formula is C13H24N2O. The zero-order valence-electron chi connectivity index (χ0n) is 10.6. The summed E-state index contributed by atoms with van der Waals surface area (Å²) in [5, 5.41) is 3.63. The van der Waals surface area contributed by atoms with Crippen LogP contribution in [0.1, 0.15) is 58.8 Å². The lowest BCUT2D eigenvalue weighted by molar-refractivity contribution is -0.133. The van der Waals surface area contributed by atoms with Crippen LogP contribution in [-0.2, 0) is 4.79 Å². The Labute approximate surface area is 98.6 Å². The summed E-state index contributed by atoms with van der Waals surface area (Å²) in [7, 11) is 0. The summed E-state index contributed by atoms with van der Waals surface area (Å²) < 4.78 is 0. The van der Waals surface area contributed by atoms with Crippen molar-refractivity contribution in [2.45, 2.75) is 70.5 Å². The first-order chi connectivity index (χ1) is 7.73. The topological polar surface area (TPSA) is 32.3 Å². The lowest BCUT2D eigenvalue weighted by Crippen LogP contribution is -2.44. The van der Waals surface area contributed by atoms with E-state index in [1.54, 1.807) is 0 Å². The molecule has 1 N–H and O–H groups in total. The van der Waals surface area contributed by atoms with Crippen LogP contribution in [0.15, 0.2) is 0 Å². The fourth-order valence-electron chi connectivity index (χ4n) is 3.21. The number of rotatable bonds is 4. The molecule has 1 aliphatic heterocycles. The van der Waals surface area contributed by atoms with E-state index in [1.165, 1.54) is 12.8 Å². The summed E-state index contributed by atoms with van der Waals surface area (Å²) in [6.45, 7) is 5.25. The van der Waals surface area contributed by atoms with Crippen molar-refractivity contribution >= 4 is 5.91 Å². The fourth-order valence-corrected chi connectivity index (χ4v) is 3.21. The van der Waals surface area contributed by atoms with Gasteiger partial charge in [0.2, 0.25) is 5.91 Å². The predicted molar refractivity (Wildman–Crippen MR) is 65.0 cm³/mol. The Balaban J connectivity index is 2.12. The zero-order chi connectivity index (χ0) is 11.6. The second-order valence-corrected chi connectivity index (χ2v) is 5.24. The number of nitrogens with zero attached hydrogens (tertiary/aromatic N) is 1. The van der Waals surface area contributed by atoms with E-state index in [9.17, 15) is 4.79 Å². The lowest BCUT2D eigenvalue weighted by atomic mass is 9.98. The lowest BCUT2D eigenvalue weighted by Gasteiger charge is -2.23. The molecule has 2 fully saturated rings. The van der Waals surface area contributed by atoms with Crippen LogP contribution in [0.5, 0.6) is 0 Å². The molecule has 1 saturated carbocycles. The Morgan fingerprint density at radius 3 is 2.56 bits per heavy atom. The molecule has 3 heteroatoms. The molecule has 0 radical (unpaired) electrons. The van der Waals surface area contributed by atoms with Crippen LogP contribution >= 0.6 is 0 Å². The molecule has 0 aromatic carbocycles. The van der Waals surface area contributed by atoms with Crippen LogP contribution in [0.3, 0.4) is 0 Å². The molecule has 1 spiro atoms. The maximum Gasteiger partial charge on any atom is 0.244 e. The van der Waals surface area contributed by atoms with Crippen molar-refractivity contribution in [3.63, 3.8) is 0 Å². The van der Waals surface area contributed by atoms with E-state index in [-0.39, 0.29) is 5.54 Å². The van der Waals surface area contributed by atoms with Crippen LogP contribution in [0, 0.1) is 0 Å². The molecule has 0 bridgehead atoms. The minimum atomic E-state index is -0.172. The van der Waals surface area contributed by atoms with E-state index in [4.69, 9.17) is 0 Å². The molecule has 16 heavy (non-hydrogen) atoms. The molecule has 2 rings (SSSR count). The van der Waals surface area contributed by atoms with E-state index in [2.05, 4.69) is 24.1 Å². The molecule has 1 atom stereocenters. The molecule has 0 aromatic rings. The van der Waals surface area contributed by atoms with Crippen LogP contribution in [-0.4, -0.2) is 29.1 Å². The molecule has 1 unspecified atom stereocenters. The SMILES string of the molecule is CCCC1NC2(CCCC2)C(=O)N1CCC. The van der Waals surface area contributed by atoms with Gasteiger partial charge in [-0.25, -0.2) is 0 Å². The Morgan fingerprint density at radius 1 is 1.31 bits per heavy atom. The first-order valence-electron chi connectivity index (χ1n) is 6.82. The number of carbonyl (C=O) groups is 1. The van der Waals surface area contributed by atoms with Crippen molar-refractivity contribution in [3.05, 3.63) is 0 Å². The van der Waals surface area contributed by atoms with Gasteiger partial charge >= 0.3 is 0 Å². The van der Waals surface area contributed by atoms with E-state index in [0.29, 0.717) is 12.1 Å². The van der Waals surface area contributed by atoms with E-state index in [0.717, 1.165) is 38.6 Å². The number of hydrogen-bond acceptors (Lipinski definition) is 2. The second-order valence-electron chi connectivity index (χ2n) is 5.24. The van der Waals surface area contributed by atoms with Gasteiger partial charge in [0.25, 0.3) is 0 Å². The molecule has 1 aliphatic carbocycles. The fraction of sp³-hybridized carbons (Fsp3) is 0.923. The molecule has 0 aromatic heterocycles. The highest BCUT2D eigenvalue weighted by atomic mass is 16.2. The van der Waals surface area contributed by atoms with Gasteiger partial charge in [-0.15, -0.1) is 0 Å². The smallest absolute Gasteiger partial charge is 0.244 e. The van der Waals surface area contributed by atoms with Crippen LogP contribution in [0.25, 0.3) is 0 Å². The maximum atomic E-state index is 12.5. The van der Waals surface area contributed by atoms with Crippen LogP contribution in [0.4, 0.5) is 0 Å². The molecule has 1 amide bonds. The summed E-state index contributed by atoms with van der Waals surface area (Å²) in [5.41, 5.74) is -0.172. The molecule has 1 heterocycles. The standard InChI is InChI=1S/C13H24N2O/c1-3-7-11-14-13(8-5-6-9-13)12(16)15(11)10-4-2/h11,14H,3-10H2,1-2H3. The molecule has 1 saturated heterocycles. The highest BCUT2D eigenvalue weighted by Crippen LogP contribution is 2.37. The Bertz CT molecular complexity index is 259. The monoisotopic (exact) mass is 224 g/mol. The minimum absolute atomic E-state index is 0.172. The molecule has 3 nitrogen and oxygen atoms in total. The molecular weight excluding hydrogens is 200 g/mol. The van der Waals surface area contributed by atoms with Gasteiger partial charge in [-0.2, -0.15) is 0 Å².